The van der Waals surface area contributed by atoms with Gasteiger partial charge in [0.05, 0.1) is 6.42 Å². The van der Waals surface area contributed by atoms with E-state index < -0.39 is 12.1 Å². The van der Waals surface area contributed by atoms with E-state index in [2.05, 4.69) is 10.6 Å². The zero-order chi connectivity index (χ0) is 20.5. The van der Waals surface area contributed by atoms with Gasteiger partial charge in [0.25, 0.3) is 5.91 Å². The molecule has 2 aromatic rings. The Morgan fingerprint density at radius 1 is 1.00 bits per heavy atom. The van der Waals surface area contributed by atoms with Crippen LogP contribution < -0.4 is 10.6 Å². The van der Waals surface area contributed by atoms with Gasteiger partial charge in [-0.05, 0) is 24.5 Å². The summed E-state index contributed by atoms with van der Waals surface area (Å²) in [4.78, 5) is 36.6. The molecule has 0 aromatic heterocycles. The van der Waals surface area contributed by atoms with Gasteiger partial charge in [-0.1, -0.05) is 60.7 Å². The number of hydrogen-bond acceptors (Lipinski definition) is 4. The van der Waals surface area contributed by atoms with Crippen molar-refractivity contribution in [2.24, 2.45) is 0 Å². The van der Waals surface area contributed by atoms with Crippen molar-refractivity contribution in [2.45, 2.75) is 31.4 Å². The van der Waals surface area contributed by atoms with Crippen LogP contribution in [0.1, 0.15) is 36.5 Å². The van der Waals surface area contributed by atoms with E-state index in [0.29, 0.717) is 5.56 Å². The molecule has 0 saturated heterocycles. The number of esters is 1. The molecule has 2 N–H and O–H groups in total. The number of carbonyl (C=O) groups excluding carboxylic acids is 3. The first-order valence-corrected chi connectivity index (χ1v) is 9.67. The van der Waals surface area contributed by atoms with Crippen LogP contribution in [-0.4, -0.2) is 30.4 Å². The first-order valence-electron chi connectivity index (χ1n) is 9.67. The minimum Gasteiger partial charge on any atom is -0.447 e. The second kappa shape index (κ2) is 10.2. The van der Waals surface area contributed by atoms with Gasteiger partial charge in [-0.25, -0.2) is 0 Å². The Bertz CT molecular complexity index is 861. The Labute approximate surface area is 170 Å². The number of benzene rings is 2. The average molecular weight is 392 g/mol. The second-order valence-corrected chi connectivity index (χ2v) is 6.85. The van der Waals surface area contributed by atoms with Gasteiger partial charge >= 0.3 is 5.97 Å². The maximum absolute atomic E-state index is 12.5. The molecule has 2 amide bonds. The molecule has 6 nitrogen and oxygen atoms in total. The summed E-state index contributed by atoms with van der Waals surface area (Å²) in [5.74, 6) is -1.16. The average Bonchev–Trinajstić information content (AvgIpc) is 3.56. The SMILES string of the molecule is O=C(/C=C/c1ccccc1)NCCC(=O)O[C@@H](C(=O)NC1CC1)c1ccccc1. The van der Waals surface area contributed by atoms with Gasteiger partial charge in [0.2, 0.25) is 12.0 Å². The normalized spacial score (nSPS) is 14.2. The van der Waals surface area contributed by atoms with E-state index in [1.165, 1.54) is 6.08 Å². The van der Waals surface area contributed by atoms with Crippen molar-refractivity contribution in [2.75, 3.05) is 6.54 Å². The van der Waals surface area contributed by atoms with Crippen LogP contribution in [0, 0.1) is 0 Å². The molecule has 0 spiro atoms. The Morgan fingerprint density at radius 3 is 2.31 bits per heavy atom. The highest BCUT2D eigenvalue weighted by atomic mass is 16.5. The molecule has 0 aliphatic heterocycles. The highest BCUT2D eigenvalue weighted by Gasteiger charge is 2.30. The Morgan fingerprint density at radius 2 is 1.66 bits per heavy atom. The molecule has 1 aliphatic carbocycles. The van der Waals surface area contributed by atoms with Gasteiger partial charge in [0.15, 0.2) is 0 Å². The van der Waals surface area contributed by atoms with Gasteiger partial charge < -0.3 is 15.4 Å². The van der Waals surface area contributed by atoms with Crippen LogP contribution in [0.15, 0.2) is 66.7 Å². The molecule has 0 unspecified atom stereocenters. The fourth-order valence-electron chi connectivity index (χ4n) is 2.68. The van der Waals surface area contributed by atoms with Crippen LogP contribution in [0.4, 0.5) is 0 Å². The minimum absolute atomic E-state index is 0.0229. The number of carbonyl (C=O) groups is 3. The summed E-state index contributed by atoms with van der Waals surface area (Å²) in [6.45, 7) is 0.128. The van der Waals surface area contributed by atoms with Gasteiger partial charge in [-0.15, -0.1) is 0 Å². The predicted molar refractivity (Wildman–Crippen MR) is 110 cm³/mol. The zero-order valence-electron chi connectivity index (χ0n) is 16.0. The maximum Gasteiger partial charge on any atom is 0.308 e. The molecule has 1 aliphatic rings. The lowest BCUT2D eigenvalue weighted by Crippen LogP contribution is -2.34. The number of nitrogens with one attached hydrogen (secondary N) is 2. The molecule has 1 fully saturated rings. The van der Waals surface area contributed by atoms with Crippen molar-refractivity contribution in [3.63, 3.8) is 0 Å². The van der Waals surface area contributed by atoms with Crippen LogP contribution >= 0.6 is 0 Å². The van der Waals surface area contributed by atoms with Crippen molar-refractivity contribution in [1.29, 1.82) is 0 Å². The molecule has 0 radical (unpaired) electrons. The van der Waals surface area contributed by atoms with Crippen LogP contribution in [0.25, 0.3) is 6.08 Å². The summed E-state index contributed by atoms with van der Waals surface area (Å²) in [5, 5.41) is 5.51. The monoisotopic (exact) mass is 392 g/mol. The predicted octanol–water partition coefficient (Wildman–Crippen LogP) is 2.77. The number of ether oxygens (including phenoxy) is 1. The second-order valence-electron chi connectivity index (χ2n) is 6.85. The van der Waals surface area contributed by atoms with Crippen LogP contribution in [0.3, 0.4) is 0 Å². The third-order valence-corrected chi connectivity index (χ3v) is 4.37. The first kappa shape index (κ1) is 20.3. The quantitative estimate of drug-likeness (QED) is 0.508. The molecule has 0 bridgehead atoms. The fourth-order valence-corrected chi connectivity index (χ4v) is 2.68. The van der Waals surface area contributed by atoms with Crippen LogP contribution in [0.2, 0.25) is 0 Å². The van der Waals surface area contributed by atoms with Crippen molar-refractivity contribution in [1.82, 2.24) is 10.6 Å². The van der Waals surface area contributed by atoms with E-state index in [1.807, 2.05) is 36.4 Å². The maximum atomic E-state index is 12.5. The number of amides is 2. The fraction of sp³-hybridized carbons (Fsp3) is 0.261. The standard InChI is InChI=1S/C23H24N2O4/c26-20(14-11-17-7-3-1-4-8-17)24-16-15-21(27)29-22(18-9-5-2-6-10-18)23(28)25-19-12-13-19/h1-11,14,19,22H,12-13,15-16H2,(H,24,26)(H,25,28)/b14-11+/t22-/m1/s1. The minimum atomic E-state index is -0.988. The van der Waals surface area contributed by atoms with Crippen molar-refractivity contribution in [3.8, 4) is 0 Å². The van der Waals surface area contributed by atoms with Crippen molar-refractivity contribution in [3.05, 3.63) is 77.9 Å². The molecule has 1 saturated carbocycles. The van der Waals surface area contributed by atoms with Crippen molar-refractivity contribution >= 4 is 23.9 Å². The molecule has 0 heterocycles. The van der Waals surface area contributed by atoms with Gasteiger partial charge in [-0.2, -0.15) is 0 Å². The first-order chi connectivity index (χ1) is 14.1. The molecule has 29 heavy (non-hydrogen) atoms. The molecule has 2 aromatic carbocycles. The third-order valence-electron chi connectivity index (χ3n) is 4.37. The topological polar surface area (TPSA) is 84.5 Å². The lowest BCUT2D eigenvalue weighted by atomic mass is 10.1. The highest BCUT2D eigenvalue weighted by Crippen LogP contribution is 2.23. The van der Waals surface area contributed by atoms with E-state index in [-0.39, 0.29) is 30.8 Å². The van der Waals surface area contributed by atoms with E-state index in [1.54, 1.807) is 30.3 Å². The summed E-state index contributed by atoms with van der Waals surface area (Å²) in [7, 11) is 0. The van der Waals surface area contributed by atoms with Gasteiger partial charge in [0.1, 0.15) is 0 Å². The molecule has 1 atom stereocenters. The Hall–Kier alpha value is -3.41. The van der Waals surface area contributed by atoms with Crippen LogP contribution in [-0.2, 0) is 19.1 Å². The van der Waals surface area contributed by atoms with Gasteiger partial charge in [0, 0.05) is 24.2 Å². The zero-order valence-corrected chi connectivity index (χ0v) is 16.0. The number of rotatable bonds is 9. The van der Waals surface area contributed by atoms with E-state index in [9.17, 15) is 14.4 Å². The third kappa shape index (κ3) is 6.92. The molecule has 150 valence electrons. The van der Waals surface area contributed by atoms with Crippen LogP contribution in [0.5, 0.6) is 0 Å². The van der Waals surface area contributed by atoms with E-state index >= 15 is 0 Å². The smallest absolute Gasteiger partial charge is 0.308 e. The van der Waals surface area contributed by atoms with E-state index in [4.69, 9.17) is 4.74 Å². The lowest BCUT2D eigenvalue weighted by molar-refractivity contribution is -0.156. The summed E-state index contributed by atoms with van der Waals surface area (Å²) in [6, 6.07) is 18.5. The summed E-state index contributed by atoms with van der Waals surface area (Å²) in [5.41, 5.74) is 1.53. The molecule has 6 heteroatoms. The largest absolute Gasteiger partial charge is 0.447 e. The Kier molecular flexibility index (Phi) is 7.16. The highest BCUT2D eigenvalue weighted by molar-refractivity contribution is 5.92. The lowest BCUT2D eigenvalue weighted by Gasteiger charge is -2.18. The Balaban J connectivity index is 1.47. The summed E-state index contributed by atoms with van der Waals surface area (Å²) in [6.07, 6.45) is 3.99. The van der Waals surface area contributed by atoms with E-state index in [0.717, 1.165) is 18.4 Å². The molecular formula is C23H24N2O4. The number of hydrogen-bond donors (Lipinski definition) is 2. The van der Waals surface area contributed by atoms with Crippen molar-refractivity contribution < 1.29 is 19.1 Å². The summed E-state index contributed by atoms with van der Waals surface area (Å²) >= 11 is 0. The van der Waals surface area contributed by atoms with Gasteiger partial charge in [-0.3, -0.25) is 14.4 Å². The molecular weight excluding hydrogens is 368 g/mol. The molecule has 3 rings (SSSR count). The summed E-state index contributed by atoms with van der Waals surface area (Å²) < 4.78 is 5.42.